The molecule has 0 N–H and O–H groups in total. The molecule has 5 nitrogen and oxygen atoms in total. The predicted octanol–water partition coefficient (Wildman–Crippen LogP) is -0.498. The standard InChI is InChI=1S/C7H5N3O2/c11-9-3-1-2-6-5-10(12)8-4-7(6)9/h1-5H. The van der Waals surface area contributed by atoms with E-state index in [2.05, 4.69) is 5.10 Å². The van der Waals surface area contributed by atoms with Crippen LogP contribution in [0.5, 0.6) is 0 Å². The summed E-state index contributed by atoms with van der Waals surface area (Å²) >= 11 is 0. The highest BCUT2D eigenvalue weighted by Crippen LogP contribution is 2.02. The van der Waals surface area contributed by atoms with Gasteiger partial charge in [-0.3, -0.25) is 0 Å². The maximum Gasteiger partial charge on any atom is 0.254 e. The van der Waals surface area contributed by atoms with Crippen LogP contribution < -0.4 is 9.58 Å². The van der Waals surface area contributed by atoms with Crippen molar-refractivity contribution in [3.63, 3.8) is 0 Å². The second kappa shape index (κ2) is 2.30. The van der Waals surface area contributed by atoms with E-state index in [9.17, 15) is 10.4 Å². The lowest BCUT2D eigenvalue weighted by Crippen LogP contribution is -2.33. The van der Waals surface area contributed by atoms with Crippen LogP contribution in [0.1, 0.15) is 0 Å². The van der Waals surface area contributed by atoms with Crippen LogP contribution in [0.3, 0.4) is 0 Å². The summed E-state index contributed by atoms with van der Waals surface area (Å²) in [6, 6.07) is 3.26. The van der Waals surface area contributed by atoms with E-state index >= 15 is 0 Å². The first-order valence-electron chi connectivity index (χ1n) is 3.35. The fraction of sp³-hybridized carbons (Fsp3) is 0. The SMILES string of the molecule is [O-][n+]1cc2ccc[n+]([O-])c2cn1. The lowest BCUT2D eigenvalue weighted by Gasteiger charge is -1.98. The Morgan fingerprint density at radius 1 is 1.33 bits per heavy atom. The van der Waals surface area contributed by atoms with Gasteiger partial charge < -0.3 is 10.4 Å². The van der Waals surface area contributed by atoms with E-state index in [0.717, 1.165) is 0 Å². The molecule has 12 heavy (non-hydrogen) atoms. The van der Waals surface area contributed by atoms with Gasteiger partial charge in [0, 0.05) is 11.2 Å². The van der Waals surface area contributed by atoms with Crippen molar-refractivity contribution in [1.29, 1.82) is 0 Å². The number of rotatable bonds is 0. The van der Waals surface area contributed by atoms with E-state index in [1.807, 2.05) is 0 Å². The Labute approximate surface area is 67.7 Å². The van der Waals surface area contributed by atoms with E-state index in [1.165, 1.54) is 18.6 Å². The lowest BCUT2D eigenvalue weighted by molar-refractivity contribution is -0.669. The molecule has 5 heteroatoms. The second-order valence-corrected chi connectivity index (χ2v) is 2.35. The van der Waals surface area contributed by atoms with Crippen LogP contribution in [0.4, 0.5) is 0 Å². The largest absolute Gasteiger partial charge is 0.618 e. The van der Waals surface area contributed by atoms with Crippen LogP contribution in [0.25, 0.3) is 10.9 Å². The minimum atomic E-state index is 0.393. The molecule has 0 aliphatic rings. The lowest BCUT2D eigenvalue weighted by atomic mass is 10.3. The maximum absolute atomic E-state index is 11.1. The van der Waals surface area contributed by atoms with Gasteiger partial charge in [-0.15, -0.1) is 0 Å². The Balaban J connectivity index is 2.86. The number of pyridine rings is 1. The van der Waals surface area contributed by atoms with Gasteiger partial charge in [0.15, 0.2) is 12.4 Å². The van der Waals surface area contributed by atoms with Gasteiger partial charge in [0.1, 0.15) is 5.39 Å². The molecular formula is C7H5N3O2. The first-order valence-corrected chi connectivity index (χ1v) is 3.35. The van der Waals surface area contributed by atoms with Gasteiger partial charge in [-0.25, -0.2) is 0 Å². The molecule has 0 aliphatic carbocycles. The number of aromatic nitrogens is 3. The molecular weight excluding hydrogens is 158 g/mol. The summed E-state index contributed by atoms with van der Waals surface area (Å²) in [5.41, 5.74) is 0.393. The fourth-order valence-electron chi connectivity index (χ4n) is 1.02. The minimum Gasteiger partial charge on any atom is -0.618 e. The molecule has 2 aromatic rings. The average Bonchev–Trinajstić information content (AvgIpc) is 2.04. The molecule has 0 spiro atoms. The van der Waals surface area contributed by atoms with Gasteiger partial charge >= 0.3 is 0 Å². The van der Waals surface area contributed by atoms with E-state index < -0.39 is 0 Å². The quantitative estimate of drug-likeness (QED) is 0.388. The van der Waals surface area contributed by atoms with Crippen molar-refractivity contribution in [1.82, 2.24) is 5.10 Å². The molecule has 0 aliphatic heterocycles. The van der Waals surface area contributed by atoms with Gasteiger partial charge in [-0.2, -0.15) is 4.73 Å². The van der Waals surface area contributed by atoms with E-state index in [1.54, 1.807) is 12.1 Å². The average molecular weight is 163 g/mol. The molecule has 2 heterocycles. The smallest absolute Gasteiger partial charge is 0.254 e. The molecule has 0 bridgehead atoms. The Bertz CT molecular complexity index is 430. The summed E-state index contributed by atoms with van der Waals surface area (Å²) in [5, 5.41) is 25.7. The minimum absolute atomic E-state index is 0.393. The molecule has 0 aromatic carbocycles. The highest BCUT2D eigenvalue weighted by atomic mass is 16.5. The molecule has 0 radical (unpaired) electrons. The Kier molecular flexibility index (Phi) is 1.30. The number of nitrogens with zero attached hydrogens (tertiary/aromatic N) is 3. The first kappa shape index (κ1) is 6.78. The van der Waals surface area contributed by atoms with Gasteiger partial charge in [-0.1, -0.05) is 4.85 Å². The van der Waals surface area contributed by atoms with Gasteiger partial charge in [0.2, 0.25) is 6.20 Å². The maximum atomic E-state index is 11.1. The zero-order chi connectivity index (χ0) is 8.55. The van der Waals surface area contributed by atoms with Crippen LogP contribution in [0.15, 0.2) is 30.7 Å². The van der Waals surface area contributed by atoms with Crippen LogP contribution in [0.2, 0.25) is 0 Å². The third-order valence-electron chi connectivity index (χ3n) is 1.57. The molecule has 2 rings (SSSR count). The van der Waals surface area contributed by atoms with Crippen LogP contribution in [-0.2, 0) is 0 Å². The number of hydrogen-bond donors (Lipinski definition) is 0. The van der Waals surface area contributed by atoms with Crippen LogP contribution in [0, 0.1) is 10.4 Å². The molecule has 60 valence electrons. The van der Waals surface area contributed by atoms with E-state index in [-0.39, 0.29) is 0 Å². The molecule has 0 unspecified atom stereocenters. The van der Waals surface area contributed by atoms with Gasteiger partial charge in [0.05, 0.1) is 0 Å². The van der Waals surface area contributed by atoms with Crippen LogP contribution in [-0.4, -0.2) is 5.10 Å². The summed E-state index contributed by atoms with van der Waals surface area (Å²) in [6.45, 7) is 0. The molecule has 2 aromatic heterocycles. The van der Waals surface area contributed by atoms with Crippen molar-refractivity contribution in [2.24, 2.45) is 0 Å². The fourth-order valence-corrected chi connectivity index (χ4v) is 1.02. The molecule has 0 fully saturated rings. The highest BCUT2D eigenvalue weighted by Gasteiger charge is 2.05. The monoisotopic (exact) mass is 163 g/mol. The Morgan fingerprint density at radius 3 is 3.00 bits per heavy atom. The van der Waals surface area contributed by atoms with Crippen molar-refractivity contribution >= 4 is 10.9 Å². The zero-order valence-corrected chi connectivity index (χ0v) is 6.04. The number of fused-ring (bicyclic) bond motifs is 1. The van der Waals surface area contributed by atoms with Gasteiger partial charge in [0.25, 0.3) is 5.52 Å². The predicted molar refractivity (Wildman–Crippen MR) is 39.7 cm³/mol. The summed E-state index contributed by atoms with van der Waals surface area (Å²) in [7, 11) is 0. The van der Waals surface area contributed by atoms with Crippen molar-refractivity contribution in [3.8, 4) is 0 Å². The van der Waals surface area contributed by atoms with Crippen molar-refractivity contribution in [2.75, 3.05) is 0 Å². The van der Waals surface area contributed by atoms with E-state index in [0.29, 0.717) is 20.5 Å². The Hall–Kier alpha value is -1.91. The zero-order valence-electron chi connectivity index (χ0n) is 6.04. The second-order valence-electron chi connectivity index (χ2n) is 2.35. The molecule has 0 saturated heterocycles. The molecule has 0 amide bonds. The summed E-state index contributed by atoms with van der Waals surface area (Å²) in [4.78, 5) is 0.419. The first-order chi connectivity index (χ1) is 5.77. The third-order valence-corrected chi connectivity index (χ3v) is 1.57. The summed E-state index contributed by atoms with van der Waals surface area (Å²) < 4.78 is 0.669. The molecule has 0 atom stereocenters. The topological polar surface area (TPSA) is 66.8 Å². The summed E-state index contributed by atoms with van der Waals surface area (Å²) in [5.74, 6) is 0. The third kappa shape index (κ3) is 0.914. The van der Waals surface area contributed by atoms with Gasteiger partial charge in [-0.05, 0) is 6.07 Å². The van der Waals surface area contributed by atoms with Crippen LogP contribution >= 0.6 is 0 Å². The van der Waals surface area contributed by atoms with Crippen molar-refractivity contribution in [2.45, 2.75) is 0 Å². The number of hydrogen-bond acceptors (Lipinski definition) is 3. The Morgan fingerprint density at radius 2 is 2.17 bits per heavy atom. The molecule has 0 saturated carbocycles. The highest BCUT2D eigenvalue weighted by molar-refractivity contribution is 5.72. The normalized spacial score (nSPS) is 10.3. The summed E-state index contributed by atoms with van der Waals surface area (Å²) in [6.07, 6.45) is 3.86. The van der Waals surface area contributed by atoms with Crippen molar-refractivity contribution < 1.29 is 9.58 Å². The van der Waals surface area contributed by atoms with E-state index in [4.69, 9.17) is 0 Å². The van der Waals surface area contributed by atoms with Crippen molar-refractivity contribution in [3.05, 3.63) is 41.1 Å².